The first-order valence-electron chi connectivity index (χ1n) is 27.6. The van der Waals surface area contributed by atoms with E-state index in [1.54, 1.807) is 0 Å². The van der Waals surface area contributed by atoms with Crippen molar-refractivity contribution in [3.8, 4) is 44.8 Å². The Morgan fingerprint density at radius 3 is 1.28 bits per heavy atom. The van der Waals surface area contributed by atoms with Gasteiger partial charge in [0.25, 0.3) is 0 Å². The molecule has 2 heterocycles. The highest BCUT2D eigenvalue weighted by atomic mass is 15.1. The quantitative estimate of drug-likeness (QED) is 0.148. The van der Waals surface area contributed by atoms with Gasteiger partial charge in [-0.3, -0.25) is 0 Å². The maximum Gasteiger partial charge on any atom is 0.0714 e. The lowest BCUT2D eigenvalue weighted by atomic mass is 9.67. The average Bonchev–Trinajstić information content (AvgIpc) is 4.34. The summed E-state index contributed by atoms with van der Waals surface area (Å²) in [6.45, 7) is 4.76. The predicted molar refractivity (Wildman–Crippen MR) is 330 cm³/mol. The molecule has 0 aliphatic heterocycles. The molecule has 0 N–H and O–H groups in total. The summed E-state index contributed by atoms with van der Waals surface area (Å²) in [6, 6.07) is 106. The minimum Gasteiger partial charge on any atom is -0.310 e. The Morgan fingerprint density at radius 2 is 0.671 bits per heavy atom. The van der Waals surface area contributed by atoms with Crippen LogP contribution in [0.25, 0.3) is 88.4 Å². The molecule has 79 heavy (non-hydrogen) atoms. The first kappa shape index (κ1) is 45.3. The zero-order valence-electron chi connectivity index (χ0n) is 44.0. The Kier molecular flexibility index (Phi) is 9.90. The molecule has 16 rings (SSSR count). The van der Waals surface area contributed by atoms with Crippen LogP contribution in [0.1, 0.15) is 47.2 Å². The van der Waals surface area contributed by atoms with Crippen molar-refractivity contribution < 1.29 is 0 Å². The Balaban J connectivity index is 0.927. The summed E-state index contributed by atoms with van der Waals surface area (Å²) in [5.74, 6) is 0. The molecule has 0 saturated heterocycles. The highest BCUT2D eigenvalue weighted by Crippen LogP contribution is 2.59. The van der Waals surface area contributed by atoms with Gasteiger partial charge in [-0.15, -0.1) is 0 Å². The third-order valence-corrected chi connectivity index (χ3v) is 17.6. The summed E-state index contributed by atoms with van der Waals surface area (Å²) in [6.07, 6.45) is 0. The van der Waals surface area contributed by atoms with E-state index in [0.717, 1.165) is 28.4 Å². The van der Waals surface area contributed by atoms with E-state index in [9.17, 15) is 0 Å². The van der Waals surface area contributed by atoms with E-state index in [2.05, 4.69) is 313 Å². The minimum atomic E-state index is -0.660. The van der Waals surface area contributed by atoms with Crippen LogP contribution in [0, 0.1) is 0 Å². The lowest BCUT2D eigenvalue weighted by Crippen LogP contribution is -2.28. The van der Waals surface area contributed by atoms with Gasteiger partial charge in [-0.25, -0.2) is 0 Å². The van der Waals surface area contributed by atoms with Gasteiger partial charge in [-0.2, -0.15) is 0 Å². The smallest absolute Gasteiger partial charge is 0.0714 e. The number of benzene rings is 12. The number of fused-ring (bicyclic) bond motifs is 12. The van der Waals surface area contributed by atoms with E-state index in [-0.39, 0.29) is 5.41 Å². The molecule has 0 bridgehead atoms. The van der Waals surface area contributed by atoms with Crippen LogP contribution in [0.2, 0.25) is 0 Å². The fourth-order valence-corrected chi connectivity index (χ4v) is 14.0. The van der Waals surface area contributed by atoms with Crippen molar-refractivity contribution in [1.82, 2.24) is 9.13 Å². The fraction of sp³-hybridized carbons (Fsp3) is 0.0526. The maximum atomic E-state index is 2.52. The first-order valence-corrected chi connectivity index (χ1v) is 27.6. The highest BCUT2D eigenvalue weighted by Gasteiger charge is 2.47. The van der Waals surface area contributed by atoms with Gasteiger partial charge in [0, 0.05) is 55.4 Å². The molecule has 2 aromatic heterocycles. The number of hydrogen-bond acceptors (Lipinski definition) is 1. The van der Waals surface area contributed by atoms with E-state index >= 15 is 0 Å². The Morgan fingerprint density at radius 1 is 0.278 bits per heavy atom. The van der Waals surface area contributed by atoms with Crippen LogP contribution in [-0.4, -0.2) is 9.13 Å². The van der Waals surface area contributed by atoms with E-state index in [4.69, 9.17) is 0 Å². The molecule has 0 radical (unpaired) electrons. The largest absolute Gasteiger partial charge is 0.310 e. The molecule has 3 heteroatoms. The molecule has 0 spiro atoms. The van der Waals surface area contributed by atoms with Crippen molar-refractivity contribution in [3.63, 3.8) is 0 Å². The number of rotatable bonds is 8. The van der Waals surface area contributed by atoms with Crippen molar-refractivity contribution >= 4 is 60.7 Å². The summed E-state index contributed by atoms with van der Waals surface area (Å²) in [5, 5.41) is 4.92. The summed E-state index contributed by atoms with van der Waals surface area (Å²) < 4.78 is 4.80. The number of nitrogens with zero attached hydrogens (tertiary/aromatic N) is 3. The van der Waals surface area contributed by atoms with Crippen LogP contribution >= 0.6 is 0 Å². The number of anilines is 3. The molecule has 3 nitrogen and oxygen atoms in total. The standard InChI is InChI=1S/C76H53N3/c1-75(2)67-32-18-15-29-59(67)60-41-37-57(48-68(60)75)77(56-39-44-74-66(47-56)64-31-17-20-34-72(64)79(74)55-27-13-6-14-28-55)58-38-42-62-61-40-35-51(46-69(61)76(70(62)49-58,52-21-7-3-8-22-52)53-23-9-4-10-24-53)50-36-43-73-65(45-50)63-30-16-19-33-71(63)78(73)54-25-11-5-12-26-54/h3-49H,1-2H3. The normalized spacial score (nSPS) is 13.6. The van der Waals surface area contributed by atoms with Crippen LogP contribution in [0.15, 0.2) is 285 Å². The third kappa shape index (κ3) is 6.60. The van der Waals surface area contributed by atoms with Crippen LogP contribution in [0.3, 0.4) is 0 Å². The Hall–Kier alpha value is -9.96. The van der Waals surface area contributed by atoms with Crippen molar-refractivity contribution in [3.05, 3.63) is 318 Å². The molecule has 0 saturated carbocycles. The van der Waals surface area contributed by atoms with Crippen LogP contribution < -0.4 is 4.90 Å². The molecular formula is C76H53N3. The second kappa shape index (κ2) is 17.3. The molecule has 0 fully saturated rings. The molecular weight excluding hydrogens is 955 g/mol. The molecule has 0 amide bonds. The molecule has 14 aromatic rings. The van der Waals surface area contributed by atoms with Crippen LogP contribution in [0.4, 0.5) is 17.1 Å². The van der Waals surface area contributed by atoms with Gasteiger partial charge in [-0.05, 0) is 164 Å². The molecule has 0 unspecified atom stereocenters. The topological polar surface area (TPSA) is 13.1 Å². The van der Waals surface area contributed by atoms with Gasteiger partial charge in [0.1, 0.15) is 0 Å². The summed E-state index contributed by atoms with van der Waals surface area (Å²) in [4.78, 5) is 2.52. The van der Waals surface area contributed by atoms with E-state index in [1.165, 1.54) is 110 Å². The summed E-state index contributed by atoms with van der Waals surface area (Å²) in [5.41, 5.74) is 24.8. The van der Waals surface area contributed by atoms with E-state index in [1.807, 2.05) is 0 Å². The SMILES string of the molecule is CC1(C)c2ccccc2-c2ccc(N(c3ccc4c(c3)C(c3ccccc3)(c3ccccc3)c3cc(-c5ccc6c(c5)c5ccccc5n6-c5ccccc5)ccc3-4)c3ccc4c(c3)c3ccccc3n4-c3ccccc3)cc21. The van der Waals surface area contributed by atoms with Gasteiger partial charge in [0.2, 0.25) is 0 Å². The zero-order valence-corrected chi connectivity index (χ0v) is 44.0. The summed E-state index contributed by atoms with van der Waals surface area (Å²) >= 11 is 0. The molecule has 2 aliphatic rings. The minimum absolute atomic E-state index is 0.183. The van der Waals surface area contributed by atoms with Crippen LogP contribution in [0.5, 0.6) is 0 Å². The molecule has 12 aromatic carbocycles. The van der Waals surface area contributed by atoms with Crippen LogP contribution in [-0.2, 0) is 10.8 Å². The van der Waals surface area contributed by atoms with Crippen molar-refractivity contribution in [2.24, 2.45) is 0 Å². The average molecular weight is 1010 g/mol. The van der Waals surface area contributed by atoms with Gasteiger partial charge in [0.15, 0.2) is 0 Å². The van der Waals surface area contributed by atoms with Gasteiger partial charge in [0.05, 0.1) is 27.5 Å². The second-order valence-electron chi connectivity index (χ2n) is 22.0. The monoisotopic (exact) mass is 1010 g/mol. The number of hydrogen-bond donors (Lipinski definition) is 0. The van der Waals surface area contributed by atoms with Gasteiger partial charge in [-0.1, -0.05) is 202 Å². The Bertz CT molecular complexity index is 4700. The lowest BCUT2D eigenvalue weighted by molar-refractivity contribution is 0.660. The first-order chi connectivity index (χ1) is 38.9. The number of para-hydroxylation sites is 4. The van der Waals surface area contributed by atoms with E-state index < -0.39 is 5.41 Å². The summed E-state index contributed by atoms with van der Waals surface area (Å²) in [7, 11) is 0. The zero-order chi connectivity index (χ0) is 52.4. The van der Waals surface area contributed by atoms with Crippen molar-refractivity contribution in [1.29, 1.82) is 0 Å². The Labute approximate surface area is 460 Å². The van der Waals surface area contributed by atoms with Gasteiger partial charge < -0.3 is 14.0 Å². The van der Waals surface area contributed by atoms with Crippen molar-refractivity contribution in [2.75, 3.05) is 4.90 Å². The second-order valence-corrected chi connectivity index (χ2v) is 22.0. The lowest BCUT2D eigenvalue weighted by Gasteiger charge is -2.35. The fourth-order valence-electron chi connectivity index (χ4n) is 14.0. The molecule has 0 atom stereocenters. The third-order valence-electron chi connectivity index (χ3n) is 17.6. The van der Waals surface area contributed by atoms with Crippen molar-refractivity contribution in [2.45, 2.75) is 24.7 Å². The predicted octanol–water partition coefficient (Wildman–Crippen LogP) is 19.7. The molecule has 372 valence electrons. The highest BCUT2D eigenvalue weighted by molar-refractivity contribution is 6.12. The molecule has 2 aliphatic carbocycles. The maximum absolute atomic E-state index is 2.52. The van der Waals surface area contributed by atoms with Gasteiger partial charge >= 0.3 is 0 Å². The van der Waals surface area contributed by atoms with E-state index in [0.29, 0.717) is 0 Å². The number of aromatic nitrogens is 2.